The van der Waals surface area contributed by atoms with E-state index in [9.17, 15) is 24.8 Å². The fraction of sp³-hybridized carbons (Fsp3) is 0.400. The summed E-state index contributed by atoms with van der Waals surface area (Å²) < 4.78 is 6.90. The molecule has 0 amide bonds. The fourth-order valence-corrected chi connectivity index (χ4v) is 6.96. The molecule has 1 heterocycles. The normalized spacial score (nSPS) is 25.3. The molecule has 2 aromatic rings. The van der Waals surface area contributed by atoms with E-state index in [1.165, 1.54) is 0 Å². The van der Waals surface area contributed by atoms with Crippen LogP contribution in [0, 0.1) is 17.8 Å². The predicted molar refractivity (Wildman–Crippen MR) is 150 cm³/mol. The zero-order valence-electron chi connectivity index (χ0n) is 21.4. The van der Waals surface area contributed by atoms with Crippen LogP contribution in [-0.2, 0) is 4.65 Å². The number of halogens is 1. The Labute approximate surface area is 231 Å². The van der Waals surface area contributed by atoms with Gasteiger partial charge in [-0.15, -0.1) is 0 Å². The van der Waals surface area contributed by atoms with Gasteiger partial charge in [0.2, 0.25) is 0 Å². The number of phenols is 1. The summed E-state index contributed by atoms with van der Waals surface area (Å²) in [5, 5.41) is 31.4. The number of fused-ring (bicyclic) bond motifs is 4. The lowest BCUT2D eigenvalue weighted by molar-refractivity contribution is 0.0590. The third-order valence-corrected chi connectivity index (χ3v) is 8.69. The molecular weight excluding hydrogens is 547 g/mol. The minimum atomic E-state index is -1.06. The first kappa shape index (κ1) is 27.1. The van der Waals surface area contributed by atoms with Crippen LogP contribution < -0.4 is 0 Å². The zero-order valence-corrected chi connectivity index (χ0v) is 23.0. The first-order chi connectivity index (χ1) is 18.3. The average Bonchev–Trinajstić information content (AvgIpc) is 2.91. The number of aliphatic hydroxyl groups excluding tert-OH is 1. The lowest BCUT2D eigenvalue weighted by Gasteiger charge is -2.47. The standard InChI is InChI=1S/C30H32BBrO6/c1-2-5-17(12-18-13-20(32)9-10-25(18)34)8-11-26-27-19(16-33)14-23-28(24(27)15-31(37)38-26)30(36)22-7-4-3-6-21(22)29(23)35/h3-4,6-7,9-10,12-13,23-24,26,28,33-34,37H,2,5,8,11,14-16H2,1H3/b17-12+/t23-,24+,26-,28-/m1/s1. The predicted octanol–water partition coefficient (Wildman–Crippen LogP) is 5.62. The smallest absolute Gasteiger partial charge is 0.455 e. The van der Waals surface area contributed by atoms with Gasteiger partial charge < -0.3 is 19.9 Å². The Bertz CT molecular complexity index is 1320. The molecule has 2 aromatic carbocycles. The van der Waals surface area contributed by atoms with E-state index in [1.807, 2.05) is 12.1 Å². The van der Waals surface area contributed by atoms with Gasteiger partial charge in [-0.2, -0.15) is 0 Å². The highest BCUT2D eigenvalue weighted by Crippen LogP contribution is 2.50. The molecule has 0 spiro atoms. The van der Waals surface area contributed by atoms with Gasteiger partial charge in [-0.25, -0.2) is 0 Å². The van der Waals surface area contributed by atoms with Crippen LogP contribution in [0.15, 0.2) is 63.7 Å². The molecule has 6 nitrogen and oxygen atoms in total. The summed E-state index contributed by atoms with van der Waals surface area (Å²) in [5.41, 5.74) is 4.39. The number of rotatable bonds is 7. The van der Waals surface area contributed by atoms with Gasteiger partial charge in [0, 0.05) is 33.0 Å². The average molecular weight is 579 g/mol. The number of ketones is 2. The highest BCUT2D eigenvalue weighted by Gasteiger charge is 2.53. The van der Waals surface area contributed by atoms with Gasteiger partial charge in [0.15, 0.2) is 11.6 Å². The van der Waals surface area contributed by atoms with E-state index in [-0.39, 0.29) is 36.2 Å². The molecule has 1 fully saturated rings. The van der Waals surface area contributed by atoms with Crippen LogP contribution >= 0.6 is 15.9 Å². The number of carbonyl (C=O) groups is 2. The van der Waals surface area contributed by atoms with Gasteiger partial charge in [0.05, 0.1) is 12.7 Å². The lowest BCUT2D eigenvalue weighted by atomic mass is 9.54. The first-order valence-electron chi connectivity index (χ1n) is 13.3. The van der Waals surface area contributed by atoms with Crippen LogP contribution in [0.1, 0.15) is 65.3 Å². The molecule has 3 aliphatic rings. The third-order valence-electron chi connectivity index (χ3n) is 8.20. The molecule has 1 saturated heterocycles. The van der Waals surface area contributed by atoms with Crippen molar-refractivity contribution in [1.29, 1.82) is 0 Å². The van der Waals surface area contributed by atoms with Crippen molar-refractivity contribution in [3.05, 3.63) is 80.3 Å². The molecule has 8 heteroatoms. The van der Waals surface area contributed by atoms with Crippen LogP contribution in [0.2, 0.25) is 6.32 Å². The van der Waals surface area contributed by atoms with Crippen LogP contribution in [0.25, 0.3) is 6.08 Å². The quantitative estimate of drug-likeness (QED) is 0.291. The molecule has 0 bridgehead atoms. The SMILES string of the molecule is CCC/C(=C\c1cc(Br)ccc1O)CC[C@H]1OB(O)C[C@H]2C1=C(CO)C[C@H]1C(=O)c3ccccc3C(=O)[C@H]12. The Balaban J connectivity index is 1.46. The molecule has 38 heavy (non-hydrogen) atoms. The van der Waals surface area contributed by atoms with Crippen molar-refractivity contribution < 1.29 is 29.5 Å². The van der Waals surface area contributed by atoms with Gasteiger partial charge in [0.25, 0.3) is 0 Å². The topological polar surface area (TPSA) is 104 Å². The van der Waals surface area contributed by atoms with Crippen molar-refractivity contribution in [2.75, 3.05) is 6.61 Å². The molecule has 4 atom stereocenters. The van der Waals surface area contributed by atoms with Gasteiger partial charge in [-0.3, -0.25) is 9.59 Å². The van der Waals surface area contributed by atoms with Crippen molar-refractivity contribution in [1.82, 2.24) is 0 Å². The molecule has 0 saturated carbocycles. The minimum Gasteiger partial charge on any atom is -0.507 e. The van der Waals surface area contributed by atoms with Crippen molar-refractivity contribution in [3.8, 4) is 5.75 Å². The summed E-state index contributed by atoms with van der Waals surface area (Å²) in [5.74, 6) is -1.37. The van der Waals surface area contributed by atoms with E-state index in [1.54, 1.807) is 36.4 Å². The number of aromatic hydroxyl groups is 1. The summed E-state index contributed by atoms with van der Waals surface area (Å²) in [6, 6.07) is 12.3. The maximum Gasteiger partial charge on any atom is 0.455 e. The van der Waals surface area contributed by atoms with Crippen LogP contribution in [0.4, 0.5) is 0 Å². The molecule has 0 radical (unpaired) electrons. The highest BCUT2D eigenvalue weighted by atomic mass is 79.9. The van der Waals surface area contributed by atoms with E-state index in [4.69, 9.17) is 4.65 Å². The van der Waals surface area contributed by atoms with E-state index >= 15 is 0 Å². The van der Waals surface area contributed by atoms with E-state index in [2.05, 4.69) is 22.9 Å². The number of hydrogen-bond donors (Lipinski definition) is 3. The number of aliphatic hydroxyl groups is 1. The molecule has 0 aromatic heterocycles. The minimum absolute atomic E-state index is 0.0604. The molecule has 198 valence electrons. The molecule has 1 aliphatic heterocycles. The van der Waals surface area contributed by atoms with Crippen molar-refractivity contribution in [2.24, 2.45) is 17.8 Å². The third kappa shape index (κ3) is 5.07. The second-order valence-electron chi connectivity index (χ2n) is 10.5. The molecule has 3 N–H and O–H groups in total. The summed E-state index contributed by atoms with van der Waals surface area (Å²) in [7, 11) is -1.06. The Morgan fingerprint density at radius 2 is 1.84 bits per heavy atom. The van der Waals surface area contributed by atoms with E-state index in [0.717, 1.165) is 39.6 Å². The molecule has 5 rings (SSSR count). The zero-order chi connectivity index (χ0) is 27.0. The Hall–Kier alpha value is -2.52. The number of Topliss-reactive ketones (excluding diaryl/α,β-unsaturated/α-hetero) is 2. The van der Waals surface area contributed by atoms with E-state index in [0.29, 0.717) is 30.4 Å². The first-order valence-corrected chi connectivity index (χ1v) is 14.1. The number of phenolic OH excluding ortho intramolecular Hbond substituents is 1. The highest BCUT2D eigenvalue weighted by molar-refractivity contribution is 9.10. The monoisotopic (exact) mass is 578 g/mol. The van der Waals surface area contributed by atoms with Crippen LogP contribution in [-0.4, -0.2) is 46.6 Å². The van der Waals surface area contributed by atoms with Crippen molar-refractivity contribution >= 4 is 40.7 Å². The summed E-state index contributed by atoms with van der Waals surface area (Å²) in [6.07, 6.45) is 5.07. The number of benzene rings is 2. The Kier molecular flexibility index (Phi) is 8.05. The number of hydrogen-bond acceptors (Lipinski definition) is 6. The largest absolute Gasteiger partial charge is 0.507 e. The van der Waals surface area contributed by atoms with Gasteiger partial charge in [0.1, 0.15) is 5.75 Å². The van der Waals surface area contributed by atoms with Crippen molar-refractivity contribution in [2.45, 2.75) is 51.5 Å². The molecular formula is C30H32BBrO6. The maximum absolute atomic E-state index is 13.7. The van der Waals surface area contributed by atoms with Gasteiger partial charge in [-0.05, 0) is 67.3 Å². The second kappa shape index (κ2) is 11.3. The number of allylic oxidation sites excluding steroid dienone is 1. The maximum atomic E-state index is 13.7. The molecule has 2 aliphatic carbocycles. The van der Waals surface area contributed by atoms with Crippen LogP contribution in [0.5, 0.6) is 5.75 Å². The van der Waals surface area contributed by atoms with Crippen LogP contribution in [0.3, 0.4) is 0 Å². The summed E-state index contributed by atoms with van der Waals surface area (Å²) in [6.45, 7) is 1.89. The molecule has 0 unspecified atom stereocenters. The van der Waals surface area contributed by atoms with Crippen molar-refractivity contribution in [3.63, 3.8) is 0 Å². The second-order valence-corrected chi connectivity index (χ2v) is 11.5. The lowest BCUT2D eigenvalue weighted by Crippen LogP contribution is -2.51. The van der Waals surface area contributed by atoms with E-state index < -0.39 is 25.1 Å². The number of carbonyl (C=O) groups excluding carboxylic acids is 2. The van der Waals surface area contributed by atoms with Gasteiger partial charge in [-0.1, -0.05) is 65.2 Å². The Morgan fingerprint density at radius 1 is 1.11 bits per heavy atom. The Morgan fingerprint density at radius 3 is 2.55 bits per heavy atom. The summed E-state index contributed by atoms with van der Waals surface area (Å²) >= 11 is 3.46. The summed E-state index contributed by atoms with van der Waals surface area (Å²) in [4.78, 5) is 27.1. The van der Waals surface area contributed by atoms with Gasteiger partial charge >= 0.3 is 7.12 Å². The fourth-order valence-electron chi connectivity index (χ4n) is 6.58.